The average molecular weight is 422 g/mol. The fraction of sp³-hybridized carbons (Fsp3) is 0.174. The van der Waals surface area contributed by atoms with Crippen molar-refractivity contribution in [1.82, 2.24) is 4.57 Å². The maximum atomic E-state index is 12.4. The lowest BCUT2D eigenvalue weighted by atomic mass is 10.1. The highest BCUT2D eigenvalue weighted by Gasteiger charge is 2.11. The van der Waals surface area contributed by atoms with Crippen molar-refractivity contribution >= 4 is 43.4 Å². The topological polar surface area (TPSA) is 94.2 Å². The van der Waals surface area contributed by atoms with Crippen LogP contribution in [0.15, 0.2) is 71.6 Å². The smallest absolute Gasteiger partial charge is 0.238 e. The minimum atomic E-state index is -3.71. The van der Waals surface area contributed by atoms with Gasteiger partial charge in [0.2, 0.25) is 15.9 Å². The van der Waals surface area contributed by atoms with E-state index in [-0.39, 0.29) is 10.8 Å². The van der Waals surface area contributed by atoms with Crippen molar-refractivity contribution in [1.29, 1.82) is 0 Å². The number of para-hydroxylation sites is 1. The van der Waals surface area contributed by atoms with Gasteiger partial charge in [0.15, 0.2) is 0 Å². The first kappa shape index (κ1) is 20.1. The third kappa shape index (κ3) is 3.94. The van der Waals surface area contributed by atoms with Crippen molar-refractivity contribution in [3.63, 3.8) is 0 Å². The molecule has 1 aromatic heterocycles. The van der Waals surface area contributed by atoms with Gasteiger partial charge in [-0.2, -0.15) is 0 Å². The van der Waals surface area contributed by atoms with E-state index in [2.05, 4.69) is 28.9 Å². The molecule has 154 valence electrons. The van der Waals surface area contributed by atoms with E-state index in [0.29, 0.717) is 12.8 Å². The van der Waals surface area contributed by atoms with E-state index in [4.69, 9.17) is 5.14 Å². The molecule has 4 aromatic rings. The number of nitrogens with two attached hydrogens (primary N) is 1. The third-order valence-electron chi connectivity index (χ3n) is 5.26. The summed E-state index contributed by atoms with van der Waals surface area (Å²) in [5.41, 5.74) is 3.96. The van der Waals surface area contributed by atoms with Crippen LogP contribution in [0.3, 0.4) is 0 Å². The predicted molar refractivity (Wildman–Crippen MR) is 120 cm³/mol. The van der Waals surface area contributed by atoms with Gasteiger partial charge in [0.05, 0.1) is 4.90 Å². The number of fused-ring (bicyclic) bond motifs is 3. The summed E-state index contributed by atoms with van der Waals surface area (Å²) in [4.78, 5) is 12.5. The monoisotopic (exact) mass is 421 g/mol. The Morgan fingerprint density at radius 2 is 1.67 bits per heavy atom. The molecule has 0 spiro atoms. The van der Waals surface area contributed by atoms with Gasteiger partial charge < -0.3 is 9.88 Å². The van der Waals surface area contributed by atoms with Crippen molar-refractivity contribution in [2.45, 2.75) is 31.2 Å². The number of rotatable bonds is 6. The van der Waals surface area contributed by atoms with Gasteiger partial charge in [0, 0.05) is 40.5 Å². The Hall–Kier alpha value is -3.16. The molecule has 30 heavy (non-hydrogen) atoms. The molecule has 3 N–H and O–H groups in total. The number of hydrogen-bond donors (Lipinski definition) is 2. The zero-order valence-corrected chi connectivity index (χ0v) is 17.4. The largest absolute Gasteiger partial charge is 0.341 e. The SMILES string of the molecule is CCn1c2ccccc2c2cc(NC(=O)CCc3ccc(S(N)(=O)=O)cc3)ccc21. The summed E-state index contributed by atoms with van der Waals surface area (Å²) < 4.78 is 24.9. The fourth-order valence-corrected chi connectivity index (χ4v) is 4.31. The number of benzene rings is 3. The van der Waals surface area contributed by atoms with Gasteiger partial charge in [-0.3, -0.25) is 4.79 Å². The molecule has 0 unspecified atom stereocenters. The molecule has 0 aliphatic rings. The lowest BCUT2D eigenvalue weighted by Crippen LogP contribution is -2.13. The highest BCUT2D eigenvalue weighted by molar-refractivity contribution is 7.89. The molecule has 7 heteroatoms. The molecule has 0 fully saturated rings. The van der Waals surface area contributed by atoms with Gasteiger partial charge in [0.25, 0.3) is 0 Å². The van der Waals surface area contributed by atoms with E-state index < -0.39 is 10.0 Å². The van der Waals surface area contributed by atoms with Crippen molar-refractivity contribution in [2.75, 3.05) is 5.32 Å². The maximum absolute atomic E-state index is 12.4. The number of primary sulfonamides is 1. The number of sulfonamides is 1. The molecule has 1 amide bonds. The van der Waals surface area contributed by atoms with E-state index in [0.717, 1.165) is 28.7 Å². The second-order valence-corrected chi connectivity index (χ2v) is 8.79. The Kier molecular flexibility index (Phi) is 5.32. The third-order valence-corrected chi connectivity index (χ3v) is 6.19. The Morgan fingerprint density at radius 3 is 2.37 bits per heavy atom. The van der Waals surface area contributed by atoms with Crippen LogP contribution in [0.25, 0.3) is 21.8 Å². The minimum absolute atomic E-state index is 0.0650. The zero-order chi connectivity index (χ0) is 21.3. The van der Waals surface area contributed by atoms with E-state index in [9.17, 15) is 13.2 Å². The summed E-state index contributed by atoms with van der Waals surface area (Å²) in [6.45, 7) is 3.00. The molecule has 0 aliphatic carbocycles. The van der Waals surface area contributed by atoms with Crippen molar-refractivity contribution < 1.29 is 13.2 Å². The summed E-state index contributed by atoms with van der Waals surface area (Å²) >= 11 is 0. The average Bonchev–Trinajstić information content (AvgIpc) is 3.05. The van der Waals surface area contributed by atoms with Gasteiger partial charge >= 0.3 is 0 Å². The molecule has 6 nitrogen and oxygen atoms in total. The normalized spacial score (nSPS) is 11.8. The number of nitrogens with zero attached hydrogens (tertiary/aromatic N) is 1. The number of nitrogens with one attached hydrogen (secondary N) is 1. The van der Waals surface area contributed by atoms with Crippen LogP contribution >= 0.6 is 0 Å². The number of carbonyl (C=O) groups is 1. The summed E-state index contributed by atoms with van der Waals surface area (Å²) in [5.74, 6) is -0.0934. The first-order valence-electron chi connectivity index (χ1n) is 9.79. The molecule has 0 radical (unpaired) electrons. The zero-order valence-electron chi connectivity index (χ0n) is 16.6. The van der Waals surface area contributed by atoms with E-state index >= 15 is 0 Å². The highest BCUT2D eigenvalue weighted by atomic mass is 32.2. The molecule has 0 saturated carbocycles. The van der Waals surface area contributed by atoms with Crippen molar-refractivity contribution in [3.8, 4) is 0 Å². The quantitative estimate of drug-likeness (QED) is 0.492. The van der Waals surface area contributed by atoms with Crippen LogP contribution in [-0.2, 0) is 27.8 Å². The first-order chi connectivity index (χ1) is 14.4. The summed E-state index contributed by atoms with van der Waals surface area (Å²) in [5, 5.41) is 10.4. The molecular formula is C23H23N3O3S. The van der Waals surface area contributed by atoms with Crippen LogP contribution in [0.2, 0.25) is 0 Å². The number of aromatic nitrogens is 1. The summed E-state index contributed by atoms with van der Waals surface area (Å²) in [6.07, 6.45) is 0.803. The van der Waals surface area contributed by atoms with Crippen LogP contribution < -0.4 is 10.5 Å². The van der Waals surface area contributed by atoms with Gasteiger partial charge in [-0.05, 0) is 55.3 Å². The number of anilines is 1. The van der Waals surface area contributed by atoms with Crippen molar-refractivity contribution in [2.24, 2.45) is 5.14 Å². The van der Waals surface area contributed by atoms with Crippen LogP contribution in [0.5, 0.6) is 0 Å². The summed E-state index contributed by atoms with van der Waals surface area (Å²) in [7, 11) is -3.71. The molecule has 0 bridgehead atoms. The Bertz CT molecular complexity index is 1340. The number of amides is 1. The minimum Gasteiger partial charge on any atom is -0.341 e. The highest BCUT2D eigenvalue weighted by Crippen LogP contribution is 2.31. The van der Waals surface area contributed by atoms with Gasteiger partial charge in [-0.15, -0.1) is 0 Å². The lowest BCUT2D eigenvalue weighted by molar-refractivity contribution is -0.116. The van der Waals surface area contributed by atoms with Crippen molar-refractivity contribution in [3.05, 3.63) is 72.3 Å². The Labute approximate surface area is 175 Å². The molecule has 0 saturated heterocycles. The molecular weight excluding hydrogens is 398 g/mol. The Morgan fingerprint density at radius 1 is 0.967 bits per heavy atom. The number of aryl methyl sites for hydroxylation is 2. The van der Waals surface area contributed by atoms with E-state index in [1.165, 1.54) is 23.0 Å². The summed E-state index contributed by atoms with van der Waals surface area (Å²) in [6, 6.07) is 20.5. The fourth-order valence-electron chi connectivity index (χ4n) is 3.80. The number of carbonyl (C=O) groups excluding carboxylic acids is 1. The number of hydrogen-bond acceptors (Lipinski definition) is 3. The van der Waals surface area contributed by atoms with Crippen LogP contribution in [0, 0.1) is 0 Å². The Balaban J connectivity index is 1.49. The maximum Gasteiger partial charge on any atom is 0.238 e. The van der Waals surface area contributed by atoms with E-state index in [1.54, 1.807) is 12.1 Å². The lowest BCUT2D eigenvalue weighted by Gasteiger charge is -2.07. The second-order valence-electron chi connectivity index (χ2n) is 7.23. The molecule has 1 heterocycles. The van der Waals surface area contributed by atoms with Crippen LogP contribution in [0.1, 0.15) is 18.9 Å². The molecule has 4 rings (SSSR count). The molecule has 0 atom stereocenters. The van der Waals surface area contributed by atoms with Crippen LogP contribution in [0.4, 0.5) is 5.69 Å². The van der Waals surface area contributed by atoms with Gasteiger partial charge in [-0.25, -0.2) is 13.6 Å². The predicted octanol–water partition coefficient (Wildman–Crippen LogP) is 4.03. The molecule has 0 aliphatic heterocycles. The van der Waals surface area contributed by atoms with Gasteiger partial charge in [0.1, 0.15) is 0 Å². The standard InChI is InChI=1S/C23H23N3O3S/c1-2-26-21-6-4-3-5-19(21)20-15-17(10-13-22(20)26)25-23(27)14-9-16-7-11-18(12-8-16)30(24,28)29/h3-8,10-13,15H,2,9,14H2,1H3,(H,25,27)(H2,24,28,29). The van der Waals surface area contributed by atoms with E-state index in [1.807, 2.05) is 30.3 Å². The first-order valence-corrected chi connectivity index (χ1v) is 11.3. The molecule has 3 aromatic carbocycles. The van der Waals surface area contributed by atoms with Crippen LogP contribution in [-0.4, -0.2) is 18.9 Å². The van der Waals surface area contributed by atoms with Gasteiger partial charge in [-0.1, -0.05) is 30.3 Å². The second kappa shape index (κ2) is 7.93.